The lowest BCUT2D eigenvalue weighted by Gasteiger charge is -2.09. The van der Waals surface area contributed by atoms with Crippen molar-refractivity contribution in [3.05, 3.63) is 59.4 Å². The van der Waals surface area contributed by atoms with Gasteiger partial charge in [-0.05, 0) is 49.2 Å². The molecule has 0 aliphatic rings. The molecule has 7 heteroatoms. The van der Waals surface area contributed by atoms with Gasteiger partial charge >= 0.3 is 0 Å². The van der Waals surface area contributed by atoms with Gasteiger partial charge in [0.1, 0.15) is 0 Å². The second kappa shape index (κ2) is 7.34. The van der Waals surface area contributed by atoms with Crippen LogP contribution in [0, 0.1) is 13.8 Å². The van der Waals surface area contributed by atoms with Gasteiger partial charge in [-0.15, -0.1) is 0 Å². The van der Waals surface area contributed by atoms with Gasteiger partial charge in [0.25, 0.3) is 5.91 Å². The Morgan fingerprint density at radius 3 is 2.39 bits per heavy atom. The molecule has 1 aromatic heterocycles. The monoisotopic (exact) mass is 333 g/mol. The summed E-state index contributed by atoms with van der Waals surface area (Å²) >= 11 is 0. The van der Waals surface area contributed by atoms with Crippen LogP contribution in [0.5, 0.6) is 0 Å². The van der Waals surface area contributed by atoms with Crippen molar-refractivity contribution in [2.45, 2.75) is 18.7 Å². The van der Waals surface area contributed by atoms with Gasteiger partial charge in [-0.2, -0.15) is 0 Å². The summed E-state index contributed by atoms with van der Waals surface area (Å²) < 4.78 is 26.8. The number of rotatable bonds is 6. The zero-order chi connectivity index (χ0) is 16.9. The summed E-state index contributed by atoms with van der Waals surface area (Å²) in [5.41, 5.74) is 2.43. The molecule has 2 aromatic rings. The molecule has 0 saturated heterocycles. The number of benzene rings is 1. The van der Waals surface area contributed by atoms with Crippen molar-refractivity contribution in [2.24, 2.45) is 0 Å². The van der Waals surface area contributed by atoms with E-state index < -0.39 is 10.0 Å². The summed E-state index contributed by atoms with van der Waals surface area (Å²) in [6.07, 6.45) is 3.05. The van der Waals surface area contributed by atoms with Crippen LogP contribution in [0.15, 0.2) is 47.6 Å². The number of nitrogens with zero attached hydrogens (tertiary/aromatic N) is 1. The molecular weight excluding hydrogens is 314 g/mol. The first-order chi connectivity index (χ1) is 10.9. The molecule has 23 heavy (non-hydrogen) atoms. The van der Waals surface area contributed by atoms with E-state index in [4.69, 9.17) is 0 Å². The second-order valence-corrected chi connectivity index (χ2v) is 6.90. The molecule has 0 atom stereocenters. The van der Waals surface area contributed by atoms with Gasteiger partial charge in [0, 0.05) is 31.0 Å². The molecule has 122 valence electrons. The van der Waals surface area contributed by atoms with Crippen molar-refractivity contribution < 1.29 is 13.2 Å². The molecule has 0 aliphatic carbocycles. The SMILES string of the molecule is Cc1ccc(S(=O)(=O)NCCNC(=O)c2ccncc2)cc1C. The third kappa shape index (κ3) is 4.61. The third-order valence-corrected chi connectivity index (χ3v) is 4.89. The molecule has 0 unspecified atom stereocenters. The third-order valence-electron chi connectivity index (χ3n) is 3.43. The predicted molar refractivity (Wildman–Crippen MR) is 87.7 cm³/mol. The molecule has 2 N–H and O–H groups in total. The second-order valence-electron chi connectivity index (χ2n) is 5.14. The summed E-state index contributed by atoms with van der Waals surface area (Å²) in [5.74, 6) is -0.266. The van der Waals surface area contributed by atoms with Crippen LogP contribution < -0.4 is 10.0 Å². The van der Waals surface area contributed by atoms with Crippen molar-refractivity contribution in [1.82, 2.24) is 15.0 Å². The number of carbonyl (C=O) groups is 1. The predicted octanol–water partition coefficient (Wildman–Crippen LogP) is 1.41. The largest absolute Gasteiger partial charge is 0.351 e. The van der Waals surface area contributed by atoms with E-state index in [0.29, 0.717) is 5.56 Å². The smallest absolute Gasteiger partial charge is 0.251 e. The lowest BCUT2D eigenvalue weighted by molar-refractivity contribution is 0.0954. The highest BCUT2D eigenvalue weighted by molar-refractivity contribution is 7.89. The van der Waals surface area contributed by atoms with Crippen LogP contribution >= 0.6 is 0 Å². The number of carbonyl (C=O) groups excluding carboxylic acids is 1. The molecule has 6 nitrogen and oxygen atoms in total. The van der Waals surface area contributed by atoms with E-state index in [0.717, 1.165) is 11.1 Å². The Morgan fingerprint density at radius 2 is 1.74 bits per heavy atom. The first-order valence-corrected chi connectivity index (χ1v) is 8.63. The lowest BCUT2D eigenvalue weighted by Crippen LogP contribution is -2.34. The van der Waals surface area contributed by atoms with E-state index in [1.54, 1.807) is 30.3 Å². The van der Waals surface area contributed by atoms with E-state index in [-0.39, 0.29) is 23.9 Å². The van der Waals surface area contributed by atoms with E-state index in [2.05, 4.69) is 15.0 Å². The van der Waals surface area contributed by atoms with Gasteiger partial charge in [-0.3, -0.25) is 9.78 Å². The number of hydrogen-bond donors (Lipinski definition) is 2. The molecule has 0 bridgehead atoms. The Bertz CT molecular complexity index is 789. The van der Waals surface area contributed by atoms with Crippen molar-refractivity contribution in [3.8, 4) is 0 Å². The number of nitrogens with one attached hydrogen (secondary N) is 2. The van der Waals surface area contributed by atoms with Crippen LogP contribution in [0.25, 0.3) is 0 Å². The number of aryl methyl sites for hydroxylation is 2. The number of hydrogen-bond acceptors (Lipinski definition) is 4. The average Bonchev–Trinajstić information content (AvgIpc) is 2.54. The molecule has 0 aliphatic heterocycles. The summed E-state index contributed by atoms with van der Waals surface area (Å²) in [5, 5.41) is 2.65. The van der Waals surface area contributed by atoms with Crippen LogP contribution in [0.2, 0.25) is 0 Å². The van der Waals surface area contributed by atoms with Crippen LogP contribution in [0.3, 0.4) is 0 Å². The van der Waals surface area contributed by atoms with Crippen molar-refractivity contribution in [2.75, 3.05) is 13.1 Å². The maximum absolute atomic E-state index is 12.2. The maximum atomic E-state index is 12.2. The average molecular weight is 333 g/mol. The Labute approximate surface area is 136 Å². The van der Waals surface area contributed by atoms with E-state index in [1.165, 1.54) is 12.4 Å². The molecule has 1 amide bonds. The molecule has 1 aromatic carbocycles. The van der Waals surface area contributed by atoms with E-state index in [9.17, 15) is 13.2 Å². The molecule has 0 saturated carbocycles. The fourth-order valence-corrected chi connectivity index (χ4v) is 3.05. The Kier molecular flexibility index (Phi) is 5.46. The highest BCUT2D eigenvalue weighted by atomic mass is 32.2. The fourth-order valence-electron chi connectivity index (χ4n) is 1.93. The normalized spacial score (nSPS) is 11.2. The molecular formula is C16H19N3O3S. The first kappa shape index (κ1) is 17.1. The number of pyridine rings is 1. The highest BCUT2D eigenvalue weighted by Gasteiger charge is 2.14. The summed E-state index contributed by atoms with van der Waals surface area (Å²) in [6, 6.07) is 8.16. The Morgan fingerprint density at radius 1 is 1.04 bits per heavy atom. The zero-order valence-corrected chi connectivity index (χ0v) is 13.9. The minimum atomic E-state index is -3.57. The molecule has 2 rings (SSSR count). The Hall–Kier alpha value is -2.25. The van der Waals surface area contributed by atoms with Crippen molar-refractivity contribution in [3.63, 3.8) is 0 Å². The van der Waals surface area contributed by atoms with Gasteiger partial charge in [0.05, 0.1) is 4.90 Å². The number of sulfonamides is 1. The standard InChI is InChI=1S/C16H19N3O3S/c1-12-3-4-15(11-13(12)2)23(21,22)19-10-9-18-16(20)14-5-7-17-8-6-14/h3-8,11,19H,9-10H2,1-2H3,(H,18,20). The van der Waals surface area contributed by atoms with Crippen molar-refractivity contribution in [1.29, 1.82) is 0 Å². The molecule has 1 heterocycles. The minimum absolute atomic E-state index is 0.117. The molecule has 0 fully saturated rings. The van der Waals surface area contributed by atoms with Crippen LogP contribution in [-0.2, 0) is 10.0 Å². The number of amides is 1. The van der Waals surface area contributed by atoms with Crippen LogP contribution in [0.4, 0.5) is 0 Å². The van der Waals surface area contributed by atoms with Gasteiger partial charge in [0.15, 0.2) is 0 Å². The van der Waals surface area contributed by atoms with Crippen LogP contribution in [-0.4, -0.2) is 32.4 Å². The summed E-state index contributed by atoms with van der Waals surface area (Å²) in [4.78, 5) is 15.9. The van der Waals surface area contributed by atoms with Gasteiger partial charge in [-0.25, -0.2) is 13.1 Å². The minimum Gasteiger partial charge on any atom is -0.351 e. The van der Waals surface area contributed by atoms with E-state index >= 15 is 0 Å². The van der Waals surface area contributed by atoms with E-state index in [1.807, 2.05) is 13.8 Å². The van der Waals surface area contributed by atoms with Gasteiger partial charge < -0.3 is 5.32 Å². The highest BCUT2D eigenvalue weighted by Crippen LogP contribution is 2.14. The lowest BCUT2D eigenvalue weighted by atomic mass is 10.1. The number of aromatic nitrogens is 1. The van der Waals surface area contributed by atoms with Gasteiger partial charge in [0.2, 0.25) is 10.0 Å². The van der Waals surface area contributed by atoms with Crippen LogP contribution in [0.1, 0.15) is 21.5 Å². The summed E-state index contributed by atoms with van der Waals surface area (Å²) in [7, 11) is -3.57. The quantitative estimate of drug-likeness (QED) is 0.782. The van der Waals surface area contributed by atoms with Gasteiger partial charge in [-0.1, -0.05) is 6.07 Å². The summed E-state index contributed by atoms with van der Waals surface area (Å²) in [6.45, 7) is 4.11. The fraction of sp³-hybridized carbons (Fsp3) is 0.250. The molecule has 0 spiro atoms. The zero-order valence-electron chi connectivity index (χ0n) is 13.0. The molecule has 0 radical (unpaired) electrons. The van der Waals surface area contributed by atoms with Crippen molar-refractivity contribution >= 4 is 15.9 Å². The first-order valence-electron chi connectivity index (χ1n) is 7.15. The topological polar surface area (TPSA) is 88.2 Å². The Balaban J connectivity index is 1.88. The maximum Gasteiger partial charge on any atom is 0.251 e.